The second-order valence-corrected chi connectivity index (χ2v) is 7.86. The number of carbonyl (C=O) groups excluding carboxylic acids is 1. The van der Waals surface area contributed by atoms with Crippen LogP contribution in [0.25, 0.3) is 0 Å². The molecular weight excluding hydrogens is 394 g/mol. The van der Waals surface area contributed by atoms with Crippen LogP contribution in [0.2, 0.25) is 0 Å². The molecule has 0 saturated heterocycles. The number of hydrogen-bond donors (Lipinski definition) is 0. The maximum atomic E-state index is 12.1. The van der Waals surface area contributed by atoms with E-state index in [0.29, 0.717) is 11.5 Å². The minimum atomic E-state index is -0.333. The van der Waals surface area contributed by atoms with Gasteiger partial charge in [0.05, 0.1) is 38.4 Å². The molecule has 6 heteroatoms. The van der Waals surface area contributed by atoms with Gasteiger partial charge >= 0.3 is 5.97 Å². The Bertz CT molecular complexity index is 847. The summed E-state index contributed by atoms with van der Waals surface area (Å²) in [5, 5.41) is 0. The van der Waals surface area contributed by atoms with Gasteiger partial charge in [-0.15, -0.1) is 0 Å². The second-order valence-electron chi connectivity index (χ2n) is 7.86. The van der Waals surface area contributed by atoms with Crippen molar-refractivity contribution in [2.75, 3.05) is 14.2 Å². The van der Waals surface area contributed by atoms with E-state index in [1.165, 1.54) is 20.0 Å². The van der Waals surface area contributed by atoms with Gasteiger partial charge in [0.2, 0.25) is 0 Å². The highest BCUT2D eigenvalue weighted by atomic mass is 16.5. The number of ether oxygens (including phenoxy) is 4. The van der Waals surface area contributed by atoms with Crippen LogP contribution >= 0.6 is 0 Å². The second kappa shape index (κ2) is 11.0. The topological polar surface area (TPSA) is 57.2 Å². The summed E-state index contributed by atoms with van der Waals surface area (Å²) in [6, 6.07) is 9.02. The van der Waals surface area contributed by atoms with Crippen molar-refractivity contribution >= 4 is 5.97 Å². The van der Waals surface area contributed by atoms with E-state index in [1.54, 1.807) is 13.4 Å². The van der Waals surface area contributed by atoms with Crippen LogP contribution in [0.4, 0.5) is 0 Å². The van der Waals surface area contributed by atoms with Crippen LogP contribution in [0.15, 0.2) is 30.2 Å². The number of benzene rings is 1. The Morgan fingerprint density at radius 2 is 2.00 bits per heavy atom. The first-order chi connectivity index (χ1) is 15.1. The van der Waals surface area contributed by atoms with E-state index in [2.05, 4.69) is 25.8 Å². The average molecular weight is 428 g/mol. The highest BCUT2D eigenvalue weighted by Crippen LogP contribution is 2.35. The van der Waals surface area contributed by atoms with Gasteiger partial charge in [0.1, 0.15) is 6.26 Å². The first-order valence-electron chi connectivity index (χ1n) is 11.2. The molecule has 1 aromatic rings. The smallest absolute Gasteiger partial charge is 0.307 e. The molecule has 1 unspecified atom stereocenters. The third kappa shape index (κ3) is 5.66. The van der Waals surface area contributed by atoms with E-state index in [4.69, 9.17) is 18.9 Å². The monoisotopic (exact) mass is 427 g/mol. The minimum absolute atomic E-state index is 0.0987. The molecule has 1 aromatic carbocycles. The Morgan fingerprint density at radius 3 is 2.65 bits per heavy atom. The molecule has 0 aromatic heterocycles. The van der Waals surface area contributed by atoms with Gasteiger partial charge in [-0.25, -0.2) is 0 Å². The van der Waals surface area contributed by atoms with E-state index in [0.717, 1.165) is 36.9 Å². The van der Waals surface area contributed by atoms with Gasteiger partial charge in [0.25, 0.3) is 0 Å². The lowest BCUT2D eigenvalue weighted by molar-refractivity contribution is -0.140. The number of nitrogens with zero attached hydrogens (tertiary/aromatic N) is 1. The summed E-state index contributed by atoms with van der Waals surface area (Å²) in [4.78, 5) is 14.1. The molecule has 0 spiro atoms. The number of methoxy groups -OCH3 is 2. The van der Waals surface area contributed by atoms with Crippen LogP contribution in [-0.4, -0.2) is 37.4 Å². The number of hydrogen-bond acceptors (Lipinski definition) is 6. The van der Waals surface area contributed by atoms with E-state index in [1.807, 2.05) is 23.1 Å². The standard InChI is InChI=1S/C25H33NO5/c1-5-20-17-30-24(6-2)26(20)14-13-19(16-25(27)29-4)18-11-12-22(28-3)23(15-18)31-21-9-7-8-10-21/h11-12,15,17,19,21,24H,5-10,16H2,1-4H3/t19-,24?/m0/s1. The van der Waals surface area contributed by atoms with Crippen LogP contribution in [0.3, 0.4) is 0 Å². The van der Waals surface area contributed by atoms with Crippen molar-refractivity contribution in [2.45, 2.75) is 77.0 Å². The number of rotatable bonds is 8. The molecular formula is C25H33NO5. The molecule has 1 aliphatic heterocycles. The maximum Gasteiger partial charge on any atom is 0.307 e. The van der Waals surface area contributed by atoms with Crippen LogP contribution in [0.5, 0.6) is 11.5 Å². The average Bonchev–Trinajstić information content (AvgIpc) is 3.45. The van der Waals surface area contributed by atoms with Crippen molar-refractivity contribution in [3.8, 4) is 23.5 Å². The number of allylic oxidation sites excluding steroid dienone is 1. The van der Waals surface area contributed by atoms with Gasteiger partial charge in [-0.2, -0.15) is 0 Å². The van der Waals surface area contributed by atoms with E-state index in [-0.39, 0.29) is 30.6 Å². The van der Waals surface area contributed by atoms with Crippen molar-refractivity contribution in [1.82, 2.24) is 4.90 Å². The largest absolute Gasteiger partial charge is 0.493 e. The normalized spacial score (nSPS) is 19.2. The highest BCUT2D eigenvalue weighted by Gasteiger charge is 2.25. The lowest BCUT2D eigenvalue weighted by Crippen LogP contribution is -2.26. The molecule has 0 radical (unpaired) electrons. The summed E-state index contributed by atoms with van der Waals surface area (Å²) in [5.41, 5.74) is 1.94. The Hall–Kier alpha value is -2.81. The van der Waals surface area contributed by atoms with Gasteiger partial charge in [0.15, 0.2) is 17.7 Å². The summed E-state index contributed by atoms with van der Waals surface area (Å²) in [6.45, 7) is 4.14. The Labute approximate surface area is 185 Å². The van der Waals surface area contributed by atoms with Crippen molar-refractivity contribution in [3.05, 3.63) is 35.7 Å². The third-order valence-electron chi connectivity index (χ3n) is 5.81. The van der Waals surface area contributed by atoms with Crippen molar-refractivity contribution < 1.29 is 23.7 Å². The fourth-order valence-electron chi connectivity index (χ4n) is 3.97. The zero-order valence-electron chi connectivity index (χ0n) is 19.0. The SMILES string of the molecule is CCC1=COC(CC)N1C#C[C@@H](CC(=O)OC)c1ccc(OC)c(OC2CCCC2)c1. The van der Waals surface area contributed by atoms with Crippen LogP contribution < -0.4 is 9.47 Å². The molecule has 1 saturated carbocycles. The molecule has 0 bridgehead atoms. The van der Waals surface area contributed by atoms with E-state index in [9.17, 15) is 4.79 Å². The van der Waals surface area contributed by atoms with Gasteiger partial charge < -0.3 is 18.9 Å². The van der Waals surface area contributed by atoms with Crippen LogP contribution in [-0.2, 0) is 14.3 Å². The minimum Gasteiger partial charge on any atom is -0.493 e. The molecule has 168 valence electrons. The molecule has 2 atom stereocenters. The summed E-state index contributed by atoms with van der Waals surface area (Å²) in [7, 11) is 3.04. The Morgan fingerprint density at radius 1 is 1.23 bits per heavy atom. The molecule has 1 aliphatic carbocycles. The third-order valence-corrected chi connectivity index (χ3v) is 5.81. The fraction of sp³-hybridized carbons (Fsp3) is 0.560. The zero-order chi connectivity index (χ0) is 22.2. The predicted octanol–water partition coefficient (Wildman–Crippen LogP) is 4.94. The first kappa shape index (κ1) is 22.9. The quantitative estimate of drug-likeness (QED) is 0.432. The van der Waals surface area contributed by atoms with E-state index < -0.39 is 0 Å². The van der Waals surface area contributed by atoms with Gasteiger partial charge in [0, 0.05) is 12.5 Å². The van der Waals surface area contributed by atoms with Gasteiger partial charge in [-0.05, 0) is 49.8 Å². The lowest BCUT2D eigenvalue weighted by atomic mass is 9.96. The highest BCUT2D eigenvalue weighted by molar-refractivity contribution is 5.71. The number of carbonyl (C=O) groups is 1. The van der Waals surface area contributed by atoms with Crippen LogP contribution in [0.1, 0.15) is 70.3 Å². The van der Waals surface area contributed by atoms with E-state index >= 15 is 0 Å². The van der Waals surface area contributed by atoms with Gasteiger partial charge in [-0.3, -0.25) is 9.69 Å². The Kier molecular flexibility index (Phi) is 8.11. The molecule has 1 heterocycles. The lowest BCUT2D eigenvalue weighted by Gasteiger charge is -2.21. The summed E-state index contributed by atoms with van der Waals surface area (Å²) in [5.74, 6) is 4.05. The molecule has 3 rings (SSSR count). The molecule has 2 aliphatic rings. The molecule has 0 N–H and O–H groups in total. The summed E-state index contributed by atoms with van der Waals surface area (Å²) < 4.78 is 22.4. The fourth-order valence-corrected chi connectivity index (χ4v) is 3.97. The van der Waals surface area contributed by atoms with Crippen molar-refractivity contribution in [3.63, 3.8) is 0 Å². The molecule has 1 fully saturated rings. The van der Waals surface area contributed by atoms with Gasteiger partial charge in [-0.1, -0.05) is 25.8 Å². The van der Waals surface area contributed by atoms with Crippen LogP contribution in [0, 0.1) is 12.0 Å². The molecule has 0 amide bonds. The maximum absolute atomic E-state index is 12.1. The first-order valence-corrected chi connectivity index (χ1v) is 11.2. The molecule has 6 nitrogen and oxygen atoms in total. The van der Waals surface area contributed by atoms with Crippen molar-refractivity contribution in [1.29, 1.82) is 0 Å². The molecule has 31 heavy (non-hydrogen) atoms. The predicted molar refractivity (Wildman–Crippen MR) is 118 cm³/mol. The summed E-state index contributed by atoms with van der Waals surface area (Å²) in [6.07, 6.45) is 8.18. The van der Waals surface area contributed by atoms with Crippen molar-refractivity contribution in [2.24, 2.45) is 0 Å². The summed E-state index contributed by atoms with van der Waals surface area (Å²) >= 11 is 0. The number of esters is 1. The Balaban J connectivity index is 1.90. The zero-order valence-corrected chi connectivity index (χ0v) is 19.0.